The monoisotopic (exact) mass is 387 g/mol. The number of amides is 1. The van der Waals surface area contributed by atoms with Crippen LogP contribution in [0.3, 0.4) is 0 Å². The van der Waals surface area contributed by atoms with Gasteiger partial charge >= 0.3 is 0 Å². The minimum Gasteiger partial charge on any atom is -0.381 e. The largest absolute Gasteiger partial charge is 0.381 e. The Morgan fingerprint density at radius 2 is 2.07 bits per heavy atom. The van der Waals surface area contributed by atoms with Crippen LogP contribution in [0, 0.1) is 12.8 Å². The van der Waals surface area contributed by atoms with E-state index in [1.165, 1.54) is 6.20 Å². The standard InChI is InChI=1S/C19H25N5O4/c1-13-8-21-16(9-20-13)19(25)24-10-15(11-24)18-22-17(23-28-18)4-7-27-12-14-2-5-26-6-3-14/h8-9,14-15H,2-7,10-12H2,1H3. The lowest BCUT2D eigenvalue weighted by Gasteiger charge is -2.36. The zero-order valence-corrected chi connectivity index (χ0v) is 16.0. The number of aryl methyl sites for hydroxylation is 1. The summed E-state index contributed by atoms with van der Waals surface area (Å²) in [6.45, 7) is 5.95. The number of likely N-dealkylation sites (tertiary alicyclic amines) is 1. The van der Waals surface area contributed by atoms with Crippen LogP contribution in [0.2, 0.25) is 0 Å². The quantitative estimate of drug-likeness (QED) is 0.657. The second kappa shape index (κ2) is 8.74. The molecule has 0 radical (unpaired) electrons. The fourth-order valence-corrected chi connectivity index (χ4v) is 3.33. The Kier molecular flexibility index (Phi) is 5.92. The number of aromatic nitrogens is 4. The van der Waals surface area contributed by atoms with Crippen molar-refractivity contribution >= 4 is 5.91 Å². The van der Waals surface area contributed by atoms with Crippen molar-refractivity contribution in [2.45, 2.75) is 32.1 Å². The molecule has 2 aromatic rings. The van der Waals surface area contributed by atoms with E-state index in [0.717, 1.165) is 38.4 Å². The van der Waals surface area contributed by atoms with Crippen molar-refractivity contribution in [1.29, 1.82) is 0 Å². The summed E-state index contributed by atoms with van der Waals surface area (Å²) in [4.78, 5) is 26.8. The molecule has 0 unspecified atom stereocenters. The van der Waals surface area contributed by atoms with Crippen molar-refractivity contribution in [2.24, 2.45) is 5.92 Å². The maximum absolute atomic E-state index is 12.4. The first kappa shape index (κ1) is 18.9. The molecular formula is C19H25N5O4. The maximum Gasteiger partial charge on any atom is 0.274 e. The summed E-state index contributed by atoms with van der Waals surface area (Å²) in [7, 11) is 0. The average molecular weight is 387 g/mol. The van der Waals surface area contributed by atoms with Crippen LogP contribution >= 0.6 is 0 Å². The van der Waals surface area contributed by atoms with Gasteiger partial charge in [-0.25, -0.2) is 4.98 Å². The first-order valence-electron chi connectivity index (χ1n) is 9.75. The first-order valence-corrected chi connectivity index (χ1v) is 9.75. The van der Waals surface area contributed by atoms with E-state index in [9.17, 15) is 4.79 Å². The van der Waals surface area contributed by atoms with Crippen LogP contribution in [0.5, 0.6) is 0 Å². The van der Waals surface area contributed by atoms with Crippen LogP contribution in [0.25, 0.3) is 0 Å². The van der Waals surface area contributed by atoms with E-state index < -0.39 is 0 Å². The summed E-state index contributed by atoms with van der Waals surface area (Å²) in [6.07, 6.45) is 5.87. The highest BCUT2D eigenvalue weighted by Crippen LogP contribution is 2.26. The van der Waals surface area contributed by atoms with E-state index in [2.05, 4.69) is 20.1 Å². The topological polar surface area (TPSA) is 103 Å². The third-order valence-corrected chi connectivity index (χ3v) is 5.17. The minimum atomic E-state index is -0.120. The summed E-state index contributed by atoms with van der Waals surface area (Å²) < 4.78 is 16.5. The van der Waals surface area contributed by atoms with Gasteiger partial charge in [0.15, 0.2) is 5.82 Å². The average Bonchev–Trinajstić information content (AvgIpc) is 3.14. The molecule has 0 saturated carbocycles. The van der Waals surface area contributed by atoms with Gasteiger partial charge in [-0.1, -0.05) is 5.16 Å². The molecule has 9 heteroatoms. The molecule has 4 rings (SSSR count). The van der Waals surface area contributed by atoms with Crippen molar-refractivity contribution in [3.8, 4) is 0 Å². The summed E-state index contributed by atoms with van der Waals surface area (Å²) in [6, 6.07) is 0. The second-order valence-corrected chi connectivity index (χ2v) is 7.38. The fraction of sp³-hybridized carbons (Fsp3) is 0.632. The van der Waals surface area contributed by atoms with E-state index in [1.807, 2.05) is 6.92 Å². The molecule has 1 amide bonds. The molecule has 0 aliphatic carbocycles. The van der Waals surface area contributed by atoms with Gasteiger partial charge < -0.3 is 18.9 Å². The Morgan fingerprint density at radius 3 is 2.82 bits per heavy atom. The Labute approximate surface area is 163 Å². The molecule has 0 atom stereocenters. The van der Waals surface area contributed by atoms with Crippen LogP contribution in [0.4, 0.5) is 0 Å². The van der Waals surface area contributed by atoms with Gasteiger partial charge in [0.05, 0.1) is 24.4 Å². The van der Waals surface area contributed by atoms with Crippen molar-refractivity contribution in [3.63, 3.8) is 0 Å². The van der Waals surface area contributed by atoms with Crippen LogP contribution in [-0.4, -0.2) is 70.4 Å². The summed E-state index contributed by atoms with van der Waals surface area (Å²) >= 11 is 0. The summed E-state index contributed by atoms with van der Waals surface area (Å²) in [5.74, 6) is 1.78. The van der Waals surface area contributed by atoms with Crippen molar-refractivity contribution < 1.29 is 18.8 Å². The van der Waals surface area contributed by atoms with E-state index in [-0.39, 0.29) is 11.8 Å². The number of carbonyl (C=O) groups is 1. The molecule has 2 aromatic heterocycles. The Morgan fingerprint density at radius 1 is 1.25 bits per heavy atom. The molecule has 2 saturated heterocycles. The van der Waals surface area contributed by atoms with Crippen LogP contribution in [0.1, 0.15) is 46.7 Å². The molecular weight excluding hydrogens is 362 g/mol. The molecule has 2 aliphatic rings. The molecule has 0 N–H and O–H groups in total. The lowest BCUT2D eigenvalue weighted by molar-refractivity contribution is 0.0211. The molecule has 9 nitrogen and oxygen atoms in total. The van der Waals surface area contributed by atoms with Crippen LogP contribution < -0.4 is 0 Å². The van der Waals surface area contributed by atoms with Gasteiger partial charge in [-0.15, -0.1) is 0 Å². The number of rotatable bonds is 7. The van der Waals surface area contributed by atoms with Gasteiger partial charge in [0.25, 0.3) is 5.91 Å². The van der Waals surface area contributed by atoms with Gasteiger partial charge in [-0.3, -0.25) is 9.78 Å². The predicted molar refractivity (Wildman–Crippen MR) is 97.8 cm³/mol. The minimum absolute atomic E-state index is 0.0757. The summed E-state index contributed by atoms with van der Waals surface area (Å²) in [5.41, 5.74) is 1.14. The zero-order valence-electron chi connectivity index (χ0n) is 16.0. The van der Waals surface area contributed by atoms with Crippen molar-refractivity contribution in [1.82, 2.24) is 25.0 Å². The third-order valence-electron chi connectivity index (χ3n) is 5.17. The fourth-order valence-electron chi connectivity index (χ4n) is 3.33. The van der Waals surface area contributed by atoms with Gasteiger partial charge in [-0.05, 0) is 25.7 Å². The number of carbonyl (C=O) groups excluding carboxylic acids is 1. The zero-order chi connectivity index (χ0) is 19.3. The number of hydrogen-bond acceptors (Lipinski definition) is 8. The molecule has 28 heavy (non-hydrogen) atoms. The van der Waals surface area contributed by atoms with Gasteiger partial charge in [0, 0.05) is 45.5 Å². The lowest BCUT2D eigenvalue weighted by atomic mass is 10.00. The van der Waals surface area contributed by atoms with Gasteiger partial charge in [-0.2, -0.15) is 4.98 Å². The van der Waals surface area contributed by atoms with Crippen LogP contribution in [0.15, 0.2) is 16.9 Å². The number of ether oxygens (including phenoxy) is 2. The van der Waals surface area contributed by atoms with Crippen molar-refractivity contribution in [2.75, 3.05) is 39.5 Å². The molecule has 0 bridgehead atoms. The Balaban J connectivity index is 1.19. The number of nitrogens with zero attached hydrogens (tertiary/aromatic N) is 5. The number of hydrogen-bond donors (Lipinski definition) is 0. The van der Waals surface area contributed by atoms with Crippen LogP contribution in [-0.2, 0) is 15.9 Å². The Bertz CT molecular complexity index is 782. The smallest absolute Gasteiger partial charge is 0.274 e. The molecule has 150 valence electrons. The van der Waals surface area contributed by atoms with Gasteiger partial charge in [0.2, 0.25) is 5.89 Å². The summed E-state index contributed by atoms with van der Waals surface area (Å²) in [5, 5.41) is 4.03. The lowest BCUT2D eigenvalue weighted by Crippen LogP contribution is -2.48. The van der Waals surface area contributed by atoms with E-state index in [1.54, 1.807) is 11.1 Å². The SMILES string of the molecule is Cc1cnc(C(=O)N2CC(c3nc(CCOCC4CCOCC4)no3)C2)cn1. The molecule has 2 fully saturated rings. The molecule has 4 heterocycles. The van der Waals surface area contributed by atoms with E-state index in [0.29, 0.717) is 49.4 Å². The highest BCUT2D eigenvalue weighted by molar-refractivity contribution is 5.92. The van der Waals surface area contributed by atoms with Crippen molar-refractivity contribution in [3.05, 3.63) is 35.5 Å². The van der Waals surface area contributed by atoms with E-state index in [4.69, 9.17) is 14.0 Å². The molecule has 2 aliphatic heterocycles. The third kappa shape index (κ3) is 4.53. The van der Waals surface area contributed by atoms with E-state index >= 15 is 0 Å². The molecule has 0 spiro atoms. The highest BCUT2D eigenvalue weighted by Gasteiger charge is 2.36. The second-order valence-electron chi connectivity index (χ2n) is 7.38. The Hall–Kier alpha value is -2.39. The van der Waals surface area contributed by atoms with Gasteiger partial charge in [0.1, 0.15) is 5.69 Å². The maximum atomic E-state index is 12.4. The predicted octanol–water partition coefficient (Wildman–Crippen LogP) is 1.39. The molecule has 0 aromatic carbocycles. The highest BCUT2D eigenvalue weighted by atomic mass is 16.5. The normalized spacial score (nSPS) is 18.2. The first-order chi connectivity index (χ1) is 13.7.